The molecule has 1 aromatic heterocycles. The SMILES string of the molecule is CN1C=Cc2nc(C=O)[nH]c2C1. The Morgan fingerprint density at radius 2 is 2.58 bits per heavy atom. The number of carbonyl (C=O) groups excluding carboxylic acids is 1. The number of aldehydes is 1. The van der Waals surface area contributed by atoms with E-state index in [1.54, 1.807) is 0 Å². The largest absolute Gasteiger partial charge is 0.374 e. The van der Waals surface area contributed by atoms with E-state index in [2.05, 4.69) is 9.97 Å². The van der Waals surface area contributed by atoms with Gasteiger partial charge in [0, 0.05) is 13.2 Å². The third kappa shape index (κ3) is 1.01. The Hall–Kier alpha value is -1.58. The van der Waals surface area contributed by atoms with Gasteiger partial charge in [0.05, 0.1) is 17.9 Å². The summed E-state index contributed by atoms with van der Waals surface area (Å²) >= 11 is 0. The van der Waals surface area contributed by atoms with E-state index in [1.807, 2.05) is 24.2 Å². The van der Waals surface area contributed by atoms with E-state index in [1.165, 1.54) is 0 Å². The molecule has 1 aromatic rings. The summed E-state index contributed by atoms with van der Waals surface area (Å²) in [4.78, 5) is 19.4. The van der Waals surface area contributed by atoms with Gasteiger partial charge in [-0.15, -0.1) is 0 Å². The zero-order valence-electron chi connectivity index (χ0n) is 6.74. The number of hydrogen-bond donors (Lipinski definition) is 1. The molecule has 0 aromatic carbocycles. The lowest BCUT2D eigenvalue weighted by Crippen LogP contribution is -2.14. The topological polar surface area (TPSA) is 49.0 Å². The summed E-state index contributed by atoms with van der Waals surface area (Å²) in [5.41, 5.74) is 1.87. The molecule has 0 bridgehead atoms. The molecule has 0 fully saturated rings. The number of nitrogens with one attached hydrogen (secondary N) is 1. The molecule has 0 radical (unpaired) electrons. The number of hydrogen-bond acceptors (Lipinski definition) is 3. The van der Waals surface area contributed by atoms with Gasteiger partial charge in [-0.05, 0) is 6.08 Å². The minimum absolute atomic E-state index is 0.403. The molecule has 0 aliphatic carbocycles. The first-order valence-electron chi connectivity index (χ1n) is 3.72. The highest BCUT2D eigenvalue weighted by molar-refractivity contribution is 5.70. The number of H-pyrrole nitrogens is 1. The van der Waals surface area contributed by atoms with Crippen LogP contribution in [0, 0.1) is 0 Å². The van der Waals surface area contributed by atoms with E-state index in [0.29, 0.717) is 5.82 Å². The number of rotatable bonds is 1. The highest BCUT2D eigenvalue weighted by Gasteiger charge is 2.11. The zero-order chi connectivity index (χ0) is 8.55. The number of aromatic amines is 1. The van der Waals surface area contributed by atoms with Crippen molar-refractivity contribution in [2.45, 2.75) is 6.54 Å². The van der Waals surface area contributed by atoms with Crippen molar-refractivity contribution in [1.29, 1.82) is 0 Å². The fraction of sp³-hybridized carbons (Fsp3) is 0.250. The molecule has 4 nitrogen and oxygen atoms in total. The van der Waals surface area contributed by atoms with Crippen LogP contribution in [-0.2, 0) is 6.54 Å². The van der Waals surface area contributed by atoms with Crippen LogP contribution in [0.4, 0.5) is 0 Å². The monoisotopic (exact) mass is 163 g/mol. The third-order valence-electron chi connectivity index (χ3n) is 1.84. The van der Waals surface area contributed by atoms with Crippen LogP contribution in [0.1, 0.15) is 22.0 Å². The van der Waals surface area contributed by atoms with Crippen LogP contribution < -0.4 is 0 Å². The summed E-state index contributed by atoms with van der Waals surface area (Å²) in [7, 11) is 1.97. The second-order valence-electron chi connectivity index (χ2n) is 2.83. The van der Waals surface area contributed by atoms with Gasteiger partial charge in [0.2, 0.25) is 0 Å². The van der Waals surface area contributed by atoms with E-state index in [-0.39, 0.29) is 0 Å². The lowest BCUT2D eigenvalue weighted by atomic mass is 10.2. The Morgan fingerprint density at radius 1 is 1.75 bits per heavy atom. The summed E-state index contributed by atoms with van der Waals surface area (Å²) in [5, 5.41) is 0. The summed E-state index contributed by atoms with van der Waals surface area (Å²) < 4.78 is 0. The normalized spacial score (nSPS) is 14.6. The Bertz CT molecular complexity index is 340. The van der Waals surface area contributed by atoms with Gasteiger partial charge in [-0.1, -0.05) is 0 Å². The Kier molecular flexibility index (Phi) is 1.46. The molecule has 4 heteroatoms. The van der Waals surface area contributed by atoms with Crippen LogP contribution in [0.2, 0.25) is 0 Å². The molecule has 1 N–H and O–H groups in total. The van der Waals surface area contributed by atoms with Crippen LogP contribution in [0.5, 0.6) is 0 Å². The summed E-state index contributed by atoms with van der Waals surface area (Å²) in [6, 6.07) is 0. The molecule has 0 saturated carbocycles. The highest BCUT2D eigenvalue weighted by atomic mass is 16.1. The molecule has 0 amide bonds. The van der Waals surface area contributed by atoms with Crippen molar-refractivity contribution in [1.82, 2.24) is 14.9 Å². The minimum Gasteiger partial charge on any atom is -0.374 e. The van der Waals surface area contributed by atoms with E-state index < -0.39 is 0 Å². The molecule has 0 unspecified atom stereocenters. The van der Waals surface area contributed by atoms with Crippen molar-refractivity contribution in [2.75, 3.05) is 7.05 Å². The van der Waals surface area contributed by atoms with Crippen molar-refractivity contribution in [2.24, 2.45) is 0 Å². The molecule has 0 atom stereocenters. The molecule has 1 aliphatic rings. The average Bonchev–Trinajstić information content (AvgIpc) is 2.46. The lowest BCUT2D eigenvalue weighted by molar-refractivity contribution is 0.111. The average molecular weight is 163 g/mol. The van der Waals surface area contributed by atoms with Crippen LogP contribution in [0.3, 0.4) is 0 Å². The number of nitrogens with zero attached hydrogens (tertiary/aromatic N) is 2. The van der Waals surface area contributed by atoms with Crippen molar-refractivity contribution >= 4 is 12.4 Å². The molecule has 2 heterocycles. The fourth-order valence-corrected chi connectivity index (χ4v) is 1.26. The molecular weight excluding hydrogens is 154 g/mol. The maximum atomic E-state index is 10.4. The van der Waals surface area contributed by atoms with Gasteiger partial charge in [-0.25, -0.2) is 4.98 Å². The van der Waals surface area contributed by atoms with Crippen molar-refractivity contribution in [3.8, 4) is 0 Å². The van der Waals surface area contributed by atoms with Crippen LogP contribution in [0.25, 0.3) is 6.08 Å². The first kappa shape index (κ1) is 7.09. The van der Waals surface area contributed by atoms with E-state index in [4.69, 9.17) is 0 Å². The van der Waals surface area contributed by atoms with Crippen LogP contribution in [0.15, 0.2) is 6.20 Å². The van der Waals surface area contributed by atoms with Crippen molar-refractivity contribution in [3.05, 3.63) is 23.4 Å². The maximum Gasteiger partial charge on any atom is 0.185 e. The number of carbonyl (C=O) groups is 1. The summed E-state index contributed by atoms with van der Waals surface area (Å²) in [5.74, 6) is 0.403. The van der Waals surface area contributed by atoms with E-state index >= 15 is 0 Å². The summed E-state index contributed by atoms with van der Waals surface area (Å²) in [6.07, 6.45) is 4.56. The zero-order valence-corrected chi connectivity index (χ0v) is 6.74. The Balaban J connectivity index is 2.43. The smallest absolute Gasteiger partial charge is 0.185 e. The summed E-state index contributed by atoms with van der Waals surface area (Å²) in [6.45, 7) is 0.784. The molecule has 0 saturated heterocycles. The van der Waals surface area contributed by atoms with Gasteiger partial charge >= 0.3 is 0 Å². The standard InChI is InChI=1S/C8H9N3O/c1-11-3-2-6-7(4-11)10-8(5-12)9-6/h2-3,5H,4H2,1H3,(H,9,10). The van der Waals surface area contributed by atoms with Crippen molar-refractivity contribution in [3.63, 3.8) is 0 Å². The minimum atomic E-state index is 0.403. The quantitative estimate of drug-likeness (QED) is 0.618. The molecule has 2 rings (SSSR count). The predicted molar refractivity (Wildman–Crippen MR) is 44.5 cm³/mol. The molecule has 12 heavy (non-hydrogen) atoms. The number of aromatic nitrogens is 2. The second kappa shape index (κ2) is 2.48. The van der Waals surface area contributed by atoms with Gasteiger partial charge < -0.3 is 9.88 Å². The lowest BCUT2D eigenvalue weighted by Gasteiger charge is -2.16. The van der Waals surface area contributed by atoms with Gasteiger partial charge in [0.15, 0.2) is 12.1 Å². The van der Waals surface area contributed by atoms with Crippen molar-refractivity contribution < 1.29 is 4.79 Å². The van der Waals surface area contributed by atoms with Gasteiger partial charge in [-0.3, -0.25) is 4.79 Å². The molecule has 0 spiro atoms. The third-order valence-corrected chi connectivity index (χ3v) is 1.84. The Labute approximate surface area is 69.9 Å². The maximum absolute atomic E-state index is 10.4. The Morgan fingerprint density at radius 3 is 3.33 bits per heavy atom. The first-order chi connectivity index (χ1) is 5.79. The molecular formula is C8H9N3O. The van der Waals surface area contributed by atoms with Gasteiger partial charge in [-0.2, -0.15) is 0 Å². The molecule has 62 valence electrons. The second-order valence-corrected chi connectivity index (χ2v) is 2.83. The first-order valence-corrected chi connectivity index (χ1v) is 3.72. The predicted octanol–water partition coefficient (Wildman–Crippen LogP) is 0.638. The van der Waals surface area contributed by atoms with E-state index in [0.717, 1.165) is 24.2 Å². The van der Waals surface area contributed by atoms with Gasteiger partial charge in [0.1, 0.15) is 0 Å². The number of fused-ring (bicyclic) bond motifs is 1. The van der Waals surface area contributed by atoms with E-state index in [9.17, 15) is 4.79 Å². The molecule has 1 aliphatic heterocycles. The number of imidazole rings is 1. The van der Waals surface area contributed by atoms with Crippen LogP contribution >= 0.6 is 0 Å². The van der Waals surface area contributed by atoms with Crippen LogP contribution in [-0.4, -0.2) is 28.2 Å². The highest BCUT2D eigenvalue weighted by Crippen LogP contribution is 2.14. The fourth-order valence-electron chi connectivity index (χ4n) is 1.26. The van der Waals surface area contributed by atoms with Gasteiger partial charge in [0.25, 0.3) is 0 Å².